The lowest BCUT2D eigenvalue weighted by Gasteiger charge is -2.08. The first-order valence-corrected chi connectivity index (χ1v) is 3.49. The summed E-state index contributed by atoms with van der Waals surface area (Å²) in [5.74, 6) is -0.306. The van der Waals surface area contributed by atoms with Crippen LogP contribution < -0.4 is 5.32 Å². The van der Waals surface area contributed by atoms with Gasteiger partial charge in [-0.3, -0.25) is 4.79 Å². The van der Waals surface area contributed by atoms with Gasteiger partial charge in [0.1, 0.15) is 12.4 Å². The molecule has 4 heteroatoms. The van der Waals surface area contributed by atoms with Gasteiger partial charge < -0.3 is 15.2 Å². The summed E-state index contributed by atoms with van der Waals surface area (Å²) in [5.41, 5.74) is 0. The molecule has 1 amide bonds. The number of aliphatic hydroxyl groups is 1. The summed E-state index contributed by atoms with van der Waals surface area (Å²) in [5, 5.41) is 11.3. The highest BCUT2D eigenvalue weighted by Gasteiger charge is 2.09. The largest absolute Gasteiger partial charge is 0.385 e. The fourth-order valence-electron chi connectivity index (χ4n) is 0.619. The Bertz CT molecular complexity index is 145. The molecule has 0 aromatic heterocycles. The van der Waals surface area contributed by atoms with E-state index in [9.17, 15) is 9.59 Å². The van der Waals surface area contributed by atoms with Crippen LogP contribution in [0.2, 0.25) is 0 Å². The molecule has 0 rings (SSSR count). The Morgan fingerprint density at radius 3 is 2.55 bits per heavy atom. The van der Waals surface area contributed by atoms with Gasteiger partial charge in [0.2, 0.25) is 5.91 Å². The van der Waals surface area contributed by atoms with Crippen molar-refractivity contribution in [2.45, 2.75) is 32.4 Å². The van der Waals surface area contributed by atoms with E-state index < -0.39 is 6.10 Å². The van der Waals surface area contributed by atoms with Crippen molar-refractivity contribution in [1.82, 2.24) is 5.32 Å². The number of rotatable bonds is 4. The normalized spacial score (nSPS) is 12.7. The number of carbonyl (C=O) groups excluding carboxylic acids is 2. The zero-order valence-corrected chi connectivity index (χ0v) is 6.70. The van der Waals surface area contributed by atoms with Gasteiger partial charge in [-0.1, -0.05) is 0 Å². The van der Waals surface area contributed by atoms with E-state index in [0.717, 1.165) is 0 Å². The quantitative estimate of drug-likeness (QED) is 0.541. The van der Waals surface area contributed by atoms with Crippen LogP contribution >= 0.6 is 0 Å². The van der Waals surface area contributed by atoms with Gasteiger partial charge in [0.05, 0.1) is 6.42 Å². The molecule has 0 fully saturated rings. The molecule has 2 N–H and O–H groups in total. The Labute approximate surface area is 65.6 Å². The molecule has 0 aliphatic rings. The zero-order valence-electron chi connectivity index (χ0n) is 6.70. The number of aliphatic hydroxyl groups excluding tert-OH is 1. The molecule has 0 aromatic rings. The lowest BCUT2D eigenvalue weighted by atomic mass is 10.2. The second-order valence-electron chi connectivity index (χ2n) is 2.63. The number of hydrogen-bond donors (Lipinski definition) is 2. The van der Waals surface area contributed by atoms with Crippen molar-refractivity contribution in [3.05, 3.63) is 0 Å². The molecule has 0 saturated carbocycles. The third-order valence-electron chi connectivity index (χ3n) is 1.00. The van der Waals surface area contributed by atoms with Crippen molar-refractivity contribution >= 4 is 12.2 Å². The Kier molecular flexibility index (Phi) is 4.45. The summed E-state index contributed by atoms with van der Waals surface area (Å²) in [6, 6.07) is 0.0429. The fourth-order valence-corrected chi connectivity index (χ4v) is 0.619. The van der Waals surface area contributed by atoms with Crippen LogP contribution in [0.25, 0.3) is 0 Å². The molecule has 64 valence electrons. The third-order valence-corrected chi connectivity index (χ3v) is 1.00. The van der Waals surface area contributed by atoms with E-state index in [-0.39, 0.29) is 18.4 Å². The predicted molar refractivity (Wildman–Crippen MR) is 40.0 cm³/mol. The average Bonchev–Trinajstić information content (AvgIpc) is 1.85. The Balaban J connectivity index is 3.60. The summed E-state index contributed by atoms with van der Waals surface area (Å²) >= 11 is 0. The molecular formula is C7H13NO3. The van der Waals surface area contributed by atoms with Crippen molar-refractivity contribution in [1.29, 1.82) is 0 Å². The molecule has 11 heavy (non-hydrogen) atoms. The number of aldehydes is 1. The molecule has 0 spiro atoms. The first kappa shape index (κ1) is 10.1. The van der Waals surface area contributed by atoms with Crippen molar-refractivity contribution in [2.24, 2.45) is 0 Å². The van der Waals surface area contributed by atoms with Gasteiger partial charge in [-0.15, -0.1) is 0 Å². The van der Waals surface area contributed by atoms with E-state index in [4.69, 9.17) is 5.11 Å². The van der Waals surface area contributed by atoms with Crippen LogP contribution in [0.3, 0.4) is 0 Å². The molecule has 0 aliphatic carbocycles. The standard InChI is InChI=1S/C7H13NO3/c1-5(2)8-7(11)3-6(10)4-9/h4-6,10H,3H2,1-2H3,(H,8,11). The fraction of sp³-hybridized carbons (Fsp3) is 0.714. The van der Waals surface area contributed by atoms with Crippen LogP contribution in [-0.2, 0) is 9.59 Å². The first-order chi connectivity index (χ1) is 5.06. The van der Waals surface area contributed by atoms with Crippen LogP contribution in [-0.4, -0.2) is 29.4 Å². The van der Waals surface area contributed by atoms with E-state index in [0.29, 0.717) is 6.29 Å². The first-order valence-electron chi connectivity index (χ1n) is 3.49. The monoisotopic (exact) mass is 159 g/mol. The Hall–Kier alpha value is -0.900. The zero-order chi connectivity index (χ0) is 8.85. The second kappa shape index (κ2) is 4.85. The van der Waals surface area contributed by atoms with Crippen molar-refractivity contribution < 1.29 is 14.7 Å². The highest BCUT2D eigenvalue weighted by atomic mass is 16.3. The lowest BCUT2D eigenvalue weighted by Crippen LogP contribution is -2.33. The van der Waals surface area contributed by atoms with Crippen molar-refractivity contribution in [3.8, 4) is 0 Å². The number of carbonyl (C=O) groups is 2. The van der Waals surface area contributed by atoms with Gasteiger partial charge in [-0.25, -0.2) is 0 Å². The van der Waals surface area contributed by atoms with Crippen LogP contribution in [0.4, 0.5) is 0 Å². The number of amides is 1. The molecule has 1 unspecified atom stereocenters. The Morgan fingerprint density at radius 2 is 2.18 bits per heavy atom. The second-order valence-corrected chi connectivity index (χ2v) is 2.63. The van der Waals surface area contributed by atoms with Crippen LogP contribution in [0, 0.1) is 0 Å². The van der Waals surface area contributed by atoms with Gasteiger partial charge in [-0.05, 0) is 13.8 Å². The molecule has 4 nitrogen and oxygen atoms in total. The minimum absolute atomic E-state index is 0.0429. The summed E-state index contributed by atoms with van der Waals surface area (Å²) in [4.78, 5) is 20.7. The van der Waals surface area contributed by atoms with E-state index in [1.165, 1.54) is 0 Å². The minimum Gasteiger partial charge on any atom is -0.385 e. The maximum atomic E-state index is 10.8. The summed E-state index contributed by atoms with van der Waals surface area (Å²) in [6.45, 7) is 3.62. The highest BCUT2D eigenvalue weighted by Crippen LogP contribution is 1.88. The van der Waals surface area contributed by atoms with Gasteiger partial charge >= 0.3 is 0 Å². The SMILES string of the molecule is CC(C)NC(=O)CC(O)C=O. The van der Waals surface area contributed by atoms with E-state index >= 15 is 0 Å². The number of nitrogens with one attached hydrogen (secondary N) is 1. The van der Waals surface area contributed by atoms with Gasteiger partial charge in [-0.2, -0.15) is 0 Å². The molecule has 0 heterocycles. The third kappa shape index (κ3) is 5.54. The van der Waals surface area contributed by atoms with Gasteiger partial charge in [0.25, 0.3) is 0 Å². The maximum absolute atomic E-state index is 10.8. The topological polar surface area (TPSA) is 66.4 Å². The predicted octanol–water partition coefficient (Wildman–Crippen LogP) is -0.539. The van der Waals surface area contributed by atoms with Crippen molar-refractivity contribution in [2.75, 3.05) is 0 Å². The summed E-state index contributed by atoms with van der Waals surface area (Å²) < 4.78 is 0. The molecule has 0 bridgehead atoms. The van der Waals surface area contributed by atoms with E-state index in [1.54, 1.807) is 0 Å². The van der Waals surface area contributed by atoms with Gasteiger partial charge in [0.15, 0.2) is 0 Å². The molecule has 0 saturated heterocycles. The van der Waals surface area contributed by atoms with Crippen LogP contribution in [0.1, 0.15) is 20.3 Å². The van der Waals surface area contributed by atoms with Crippen LogP contribution in [0.15, 0.2) is 0 Å². The maximum Gasteiger partial charge on any atom is 0.223 e. The number of hydrogen-bond acceptors (Lipinski definition) is 3. The van der Waals surface area contributed by atoms with Crippen LogP contribution in [0.5, 0.6) is 0 Å². The summed E-state index contributed by atoms with van der Waals surface area (Å²) in [6.07, 6.45) is -0.976. The van der Waals surface area contributed by atoms with E-state index in [1.807, 2.05) is 13.8 Å². The van der Waals surface area contributed by atoms with E-state index in [2.05, 4.69) is 5.32 Å². The average molecular weight is 159 g/mol. The Morgan fingerprint density at radius 1 is 1.64 bits per heavy atom. The summed E-state index contributed by atoms with van der Waals surface area (Å²) in [7, 11) is 0. The molecule has 1 atom stereocenters. The molecule has 0 aliphatic heterocycles. The minimum atomic E-state index is -1.17. The lowest BCUT2D eigenvalue weighted by molar-refractivity contribution is -0.127. The molecule has 0 radical (unpaired) electrons. The molecule has 0 aromatic carbocycles. The highest BCUT2D eigenvalue weighted by molar-refractivity contribution is 5.79. The van der Waals surface area contributed by atoms with Crippen molar-refractivity contribution in [3.63, 3.8) is 0 Å². The smallest absolute Gasteiger partial charge is 0.223 e. The van der Waals surface area contributed by atoms with Gasteiger partial charge in [0, 0.05) is 6.04 Å². The molecular weight excluding hydrogens is 146 g/mol.